The average molecular weight is 498 g/mol. The second-order valence-corrected chi connectivity index (χ2v) is 13.8. The van der Waals surface area contributed by atoms with Gasteiger partial charge in [0.05, 0.1) is 0 Å². The highest BCUT2D eigenvalue weighted by molar-refractivity contribution is 7.72. The average Bonchev–Trinajstić information content (AvgIpc) is 2.40. The van der Waals surface area contributed by atoms with Crippen molar-refractivity contribution >= 4 is 30.4 Å². The molecule has 0 fully saturated rings. The van der Waals surface area contributed by atoms with Gasteiger partial charge < -0.3 is 60.0 Å². The highest BCUT2D eigenvalue weighted by atomic mass is 31.2. The molecular formula is C8H26N2O14P4. The summed E-state index contributed by atoms with van der Waals surface area (Å²) in [5.74, 6) is 0. The highest BCUT2D eigenvalue weighted by Gasteiger charge is 2.59. The Morgan fingerprint density at radius 1 is 0.679 bits per heavy atom. The van der Waals surface area contributed by atoms with E-state index in [-0.39, 0.29) is 6.54 Å². The molecular weight excluding hydrogens is 472 g/mol. The Morgan fingerprint density at radius 2 is 0.929 bits per heavy atom. The quantitative estimate of drug-likeness (QED) is 0.144. The van der Waals surface area contributed by atoms with Crippen LogP contribution in [0.3, 0.4) is 0 Å². The smallest absolute Gasteiger partial charge is 0.367 e. The fourth-order valence-electron chi connectivity index (χ4n) is 1.49. The molecule has 16 nitrogen and oxygen atoms in total. The Labute approximate surface area is 159 Å². The van der Waals surface area contributed by atoms with Crippen LogP contribution in [0.2, 0.25) is 0 Å². The van der Waals surface area contributed by atoms with Crippen molar-refractivity contribution in [3.8, 4) is 0 Å². The third kappa shape index (κ3) is 7.93. The lowest BCUT2D eigenvalue weighted by atomic mass is 10.4. The molecule has 0 spiro atoms. The Balaban J connectivity index is 0. The van der Waals surface area contributed by atoms with E-state index >= 15 is 0 Å². The molecule has 0 saturated carbocycles. The van der Waals surface area contributed by atoms with Crippen LogP contribution in [0.25, 0.3) is 0 Å². The fourth-order valence-corrected chi connectivity index (χ4v) is 5.83. The van der Waals surface area contributed by atoms with Crippen molar-refractivity contribution in [2.45, 2.75) is 23.0 Å². The number of nitrogens with zero attached hydrogens (tertiary/aromatic N) is 1. The van der Waals surface area contributed by atoms with Crippen molar-refractivity contribution in [3.05, 3.63) is 0 Å². The van der Waals surface area contributed by atoms with E-state index in [1.165, 1.54) is 4.90 Å². The molecule has 0 aromatic rings. The van der Waals surface area contributed by atoms with Crippen LogP contribution in [-0.2, 0) is 18.3 Å². The van der Waals surface area contributed by atoms with Crippen LogP contribution in [0, 0.1) is 0 Å². The predicted octanol–water partition coefficient (Wildman–Crippen LogP) is -2.72. The molecule has 0 heterocycles. The second kappa shape index (κ2) is 10.2. The minimum absolute atomic E-state index is 0.0628. The lowest BCUT2D eigenvalue weighted by Gasteiger charge is -2.30. The van der Waals surface area contributed by atoms with Crippen LogP contribution in [0.15, 0.2) is 0 Å². The summed E-state index contributed by atoms with van der Waals surface area (Å²) in [7, 11) is -18.1. The van der Waals surface area contributed by atoms with Gasteiger partial charge in [0, 0.05) is 19.4 Å². The van der Waals surface area contributed by atoms with E-state index in [1.807, 2.05) is 0 Å². The molecule has 0 aliphatic rings. The molecule has 0 aliphatic heterocycles. The first kappa shape index (κ1) is 30.6. The van der Waals surface area contributed by atoms with Crippen molar-refractivity contribution in [2.75, 3.05) is 27.2 Å². The Hall–Kier alpha value is 0.440. The van der Waals surface area contributed by atoms with Gasteiger partial charge in [-0.2, -0.15) is 0 Å². The molecule has 172 valence electrons. The Bertz CT molecular complexity index is 643. The molecule has 12 N–H and O–H groups in total. The van der Waals surface area contributed by atoms with E-state index in [1.54, 1.807) is 14.1 Å². The Morgan fingerprint density at radius 3 is 1.07 bits per heavy atom. The number of nitrogens with two attached hydrogens (primary N) is 1. The zero-order valence-corrected chi connectivity index (χ0v) is 18.3. The minimum atomic E-state index is -5.31. The maximum atomic E-state index is 10.8. The standard InChI is InChI=1S/C5H15NO7P2.C3H11NO7P2/c1-6(2)4-3-5(7,14(8,9)10)15(11,12)13;4-2-1-3(5,12(6,7)8)13(9,10)11/h7H,3-4H2,1-2H3,(H2,8,9,10)(H2,11,12,13);5H,1-2,4H2,(H2,6,7,8)(H2,9,10,11). The molecule has 0 saturated heterocycles. The largest absolute Gasteiger partial charge is 0.369 e. The van der Waals surface area contributed by atoms with Gasteiger partial charge >= 0.3 is 30.4 Å². The SMILES string of the molecule is CN(C)CCC(O)(P(=O)(O)O)P(=O)(O)O.NCCC(O)(P(=O)(O)O)P(=O)(O)O. The number of aliphatic hydroxyl groups is 2. The molecule has 0 unspecified atom stereocenters. The van der Waals surface area contributed by atoms with Crippen molar-refractivity contribution in [2.24, 2.45) is 5.73 Å². The van der Waals surface area contributed by atoms with Gasteiger partial charge in [-0.1, -0.05) is 0 Å². The van der Waals surface area contributed by atoms with E-state index in [2.05, 4.69) is 0 Å². The van der Waals surface area contributed by atoms with Crippen molar-refractivity contribution in [1.82, 2.24) is 4.90 Å². The van der Waals surface area contributed by atoms with E-state index in [0.717, 1.165) is 0 Å². The summed E-state index contributed by atoms with van der Waals surface area (Å²) in [5, 5.41) is 11.8. The zero-order valence-electron chi connectivity index (χ0n) is 14.7. The van der Waals surface area contributed by atoms with Crippen LogP contribution in [0.1, 0.15) is 12.8 Å². The number of hydrogen-bond donors (Lipinski definition) is 11. The molecule has 0 aromatic heterocycles. The van der Waals surface area contributed by atoms with Gasteiger partial charge in [0.15, 0.2) is 0 Å². The van der Waals surface area contributed by atoms with Gasteiger partial charge in [0.1, 0.15) is 0 Å². The zero-order chi connectivity index (χ0) is 23.4. The summed E-state index contributed by atoms with van der Waals surface area (Å²) in [6, 6.07) is 0. The third-order valence-electron chi connectivity index (χ3n) is 3.24. The van der Waals surface area contributed by atoms with Crippen LogP contribution in [0.4, 0.5) is 0 Å². The molecule has 28 heavy (non-hydrogen) atoms. The van der Waals surface area contributed by atoms with Crippen molar-refractivity contribution in [1.29, 1.82) is 0 Å². The first-order valence-corrected chi connectivity index (χ1v) is 13.4. The first-order valence-electron chi connectivity index (χ1n) is 7.00. The van der Waals surface area contributed by atoms with Gasteiger partial charge in [-0.3, -0.25) is 18.3 Å². The van der Waals surface area contributed by atoms with Crippen LogP contribution in [0.5, 0.6) is 0 Å². The van der Waals surface area contributed by atoms with E-state index in [4.69, 9.17) is 50.0 Å². The minimum Gasteiger partial charge on any atom is -0.367 e. The molecule has 0 radical (unpaired) electrons. The summed E-state index contributed by atoms with van der Waals surface area (Å²) in [5.41, 5.74) is 4.86. The molecule has 0 rings (SSSR count). The van der Waals surface area contributed by atoms with Crippen molar-refractivity contribution in [3.63, 3.8) is 0 Å². The summed E-state index contributed by atoms with van der Waals surface area (Å²) >= 11 is 0. The molecule has 20 heteroatoms. The van der Waals surface area contributed by atoms with Gasteiger partial charge in [-0.15, -0.1) is 0 Å². The van der Waals surface area contributed by atoms with E-state index < -0.39 is 59.9 Å². The number of rotatable bonds is 9. The summed E-state index contributed by atoms with van der Waals surface area (Å²) in [4.78, 5) is 70.4. The normalized spacial score (nSPS) is 14.6. The van der Waals surface area contributed by atoms with Gasteiger partial charge in [0.25, 0.3) is 10.2 Å². The molecule has 0 aliphatic carbocycles. The van der Waals surface area contributed by atoms with Gasteiger partial charge in [-0.25, -0.2) is 0 Å². The third-order valence-corrected chi connectivity index (χ3v) is 11.0. The molecule has 0 atom stereocenters. The molecule has 0 amide bonds. The summed E-state index contributed by atoms with van der Waals surface area (Å²) < 4.78 is 42.9. The topological polar surface area (TPSA) is 300 Å². The molecule has 0 bridgehead atoms. The highest BCUT2D eigenvalue weighted by Crippen LogP contribution is 2.69. The van der Waals surface area contributed by atoms with Crippen molar-refractivity contribution < 1.29 is 67.6 Å². The molecule has 0 aromatic carbocycles. The Kier molecular flexibility index (Phi) is 11.1. The van der Waals surface area contributed by atoms with E-state index in [0.29, 0.717) is 0 Å². The number of hydrogen-bond acceptors (Lipinski definition) is 8. The monoisotopic (exact) mass is 498 g/mol. The van der Waals surface area contributed by atoms with Gasteiger partial charge in [-0.05, 0) is 20.6 Å². The fraction of sp³-hybridized carbons (Fsp3) is 1.00. The summed E-state index contributed by atoms with van der Waals surface area (Å²) in [6.45, 7) is -0.514. The summed E-state index contributed by atoms with van der Waals surface area (Å²) in [6.07, 6.45) is -1.59. The maximum Gasteiger partial charge on any atom is 0.369 e. The van der Waals surface area contributed by atoms with Crippen LogP contribution >= 0.6 is 30.4 Å². The maximum absolute atomic E-state index is 10.8. The predicted molar refractivity (Wildman–Crippen MR) is 94.9 cm³/mol. The van der Waals surface area contributed by atoms with Crippen LogP contribution in [-0.4, -0.2) is 91.6 Å². The lowest BCUT2D eigenvalue weighted by Crippen LogP contribution is -2.32. The lowest BCUT2D eigenvalue weighted by molar-refractivity contribution is 0.115. The van der Waals surface area contributed by atoms with Gasteiger partial charge in [0.2, 0.25) is 0 Å². The van der Waals surface area contributed by atoms with Crippen LogP contribution < -0.4 is 5.73 Å². The van der Waals surface area contributed by atoms with E-state index in [9.17, 15) is 23.4 Å². The first-order chi connectivity index (χ1) is 12.0. The second-order valence-electron chi connectivity index (χ2n) is 5.82.